The molecule has 2 amide bonds. The number of fused-ring (bicyclic) bond motifs is 1. The monoisotopic (exact) mass is 477 g/mol. The van der Waals surface area contributed by atoms with E-state index in [1.807, 2.05) is 24.4 Å². The second-order valence-corrected chi connectivity index (χ2v) is 11.1. The Labute approximate surface area is 192 Å². The molecule has 10 heteroatoms. The van der Waals surface area contributed by atoms with Gasteiger partial charge in [0.1, 0.15) is 5.75 Å². The van der Waals surface area contributed by atoms with Crippen molar-refractivity contribution >= 4 is 38.9 Å². The Morgan fingerprint density at radius 1 is 1.38 bits per heavy atom. The van der Waals surface area contributed by atoms with Gasteiger partial charge in [-0.2, -0.15) is 4.31 Å². The molecule has 32 heavy (non-hydrogen) atoms. The molecule has 0 unspecified atom stereocenters. The van der Waals surface area contributed by atoms with Crippen LogP contribution in [-0.2, 0) is 26.2 Å². The normalized spacial score (nSPS) is 21.4. The number of carbonyl (C=O) groups is 2. The Kier molecular flexibility index (Phi) is 6.55. The van der Waals surface area contributed by atoms with Crippen molar-refractivity contribution in [3.05, 3.63) is 40.1 Å². The van der Waals surface area contributed by atoms with Crippen molar-refractivity contribution in [2.24, 2.45) is 5.92 Å². The van der Waals surface area contributed by atoms with Crippen LogP contribution in [0.4, 0.5) is 5.69 Å². The number of rotatable bonds is 6. The van der Waals surface area contributed by atoms with Crippen LogP contribution in [0.3, 0.4) is 0 Å². The molecular weight excluding hydrogens is 450 g/mol. The van der Waals surface area contributed by atoms with Crippen LogP contribution in [0, 0.1) is 12.8 Å². The highest BCUT2D eigenvalue weighted by atomic mass is 32.2. The Hall–Kier alpha value is -2.43. The second-order valence-electron chi connectivity index (χ2n) is 8.12. The lowest BCUT2D eigenvalue weighted by Crippen LogP contribution is -2.45. The van der Waals surface area contributed by atoms with Gasteiger partial charge in [0.25, 0.3) is 5.91 Å². The van der Waals surface area contributed by atoms with E-state index in [0.717, 1.165) is 4.88 Å². The first-order valence-corrected chi connectivity index (χ1v) is 13.0. The molecule has 0 radical (unpaired) electrons. The summed E-state index contributed by atoms with van der Waals surface area (Å²) in [5.41, 5.74) is 0.993. The van der Waals surface area contributed by atoms with E-state index in [1.54, 1.807) is 24.3 Å². The molecule has 0 aliphatic carbocycles. The molecule has 3 heterocycles. The average molecular weight is 478 g/mol. The summed E-state index contributed by atoms with van der Waals surface area (Å²) in [7, 11) is -3.83. The van der Waals surface area contributed by atoms with Crippen molar-refractivity contribution in [1.82, 2.24) is 9.62 Å². The molecule has 2 aliphatic rings. The minimum atomic E-state index is -3.83. The number of sulfonamides is 1. The van der Waals surface area contributed by atoms with E-state index < -0.39 is 22.0 Å². The molecule has 0 saturated carbocycles. The third kappa shape index (κ3) is 4.53. The molecule has 0 spiro atoms. The summed E-state index contributed by atoms with van der Waals surface area (Å²) in [5, 5.41) is 7.66. The van der Waals surface area contributed by atoms with E-state index in [1.165, 1.54) is 10.4 Å². The van der Waals surface area contributed by atoms with E-state index >= 15 is 0 Å². The summed E-state index contributed by atoms with van der Waals surface area (Å²) in [6, 6.07) is 7.00. The molecule has 2 atom stereocenters. The van der Waals surface area contributed by atoms with Crippen LogP contribution in [0.5, 0.6) is 5.75 Å². The molecule has 1 aromatic heterocycles. The number of thiophene rings is 1. The van der Waals surface area contributed by atoms with Gasteiger partial charge in [-0.3, -0.25) is 9.59 Å². The number of piperidine rings is 1. The Balaban J connectivity index is 1.51. The van der Waals surface area contributed by atoms with Gasteiger partial charge in [0.05, 0.1) is 23.0 Å². The first kappa shape index (κ1) is 22.8. The van der Waals surface area contributed by atoms with E-state index in [2.05, 4.69) is 10.6 Å². The molecule has 2 aromatic rings. The van der Waals surface area contributed by atoms with Crippen LogP contribution in [-0.4, -0.2) is 43.7 Å². The zero-order valence-electron chi connectivity index (χ0n) is 18.1. The van der Waals surface area contributed by atoms with Gasteiger partial charge in [-0.15, -0.1) is 11.3 Å². The summed E-state index contributed by atoms with van der Waals surface area (Å²) in [6.45, 7) is 4.48. The standard InChI is InChI=1S/C22H27N3O5S2/c1-3-18-22(27)24-17-10-14(2)20(11-19(17)30-18)32(28,29)25-8-4-6-15(13-25)21(26)23-12-16-7-5-9-31-16/h5,7,9-11,15,18H,3-4,6,8,12-13H2,1-2H3,(H,23,26)(H,24,27)/t15-,18-/m1/s1. The Morgan fingerprint density at radius 3 is 2.91 bits per heavy atom. The average Bonchev–Trinajstić information content (AvgIpc) is 3.30. The number of nitrogens with zero attached hydrogens (tertiary/aromatic N) is 1. The summed E-state index contributed by atoms with van der Waals surface area (Å²) in [5.74, 6) is -0.404. The van der Waals surface area contributed by atoms with Crippen LogP contribution in [0.15, 0.2) is 34.5 Å². The van der Waals surface area contributed by atoms with E-state index in [0.29, 0.717) is 49.4 Å². The molecule has 2 aliphatic heterocycles. The van der Waals surface area contributed by atoms with Crippen molar-refractivity contribution in [3.8, 4) is 5.75 Å². The maximum absolute atomic E-state index is 13.5. The molecule has 1 fully saturated rings. The minimum Gasteiger partial charge on any atom is -0.478 e. The van der Waals surface area contributed by atoms with Crippen LogP contribution in [0.25, 0.3) is 0 Å². The van der Waals surface area contributed by atoms with Gasteiger partial charge in [0, 0.05) is 24.0 Å². The third-order valence-corrected chi connectivity index (χ3v) is 8.74. The SMILES string of the molecule is CC[C@H]1Oc2cc(S(=O)(=O)N3CCC[C@@H](C(=O)NCc4cccs4)C3)c(C)cc2NC1=O. The molecule has 1 aromatic carbocycles. The lowest BCUT2D eigenvalue weighted by Gasteiger charge is -2.32. The number of aryl methyl sites for hydroxylation is 1. The number of amides is 2. The maximum atomic E-state index is 13.5. The van der Waals surface area contributed by atoms with Gasteiger partial charge in [-0.05, 0) is 49.3 Å². The first-order chi connectivity index (χ1) is 15.3. The van der Waals surface area contributed by atoms with E-state index in [4.69, 9.17) is 4.74 Å². The molecule has 8 nitrogen and oxygen atoms in total. The number of anilines is 1. The topological polar surface area (TPSA) is 105 Å². The number of nitrogens with one attached hydrogen (secondary N) is 2. The Morgan fingerprint density at radius 2 is 2.19 bits per heavy atom. The summed E-state index contributed by atoms with van der Waals surface area (Å²) in [6.07, 6.45) is 1.10. The molecule has 0 bridgehead atoms. The van der Waals surface area contributed by atoms with Crippen molar-refractivity contribution in [2.45, 2.75) is 50.7 Å². The van der Waals surface area contributed by atoms with Crippen molar-refractivity contribution in [2.75, 3.05) is 18.4 Å². The van der Waals surface area contributed by atoms with Crippen molar-refractivity contribution in [1.29, 1.82) is 0 Å². The number of hydrogen-bond donors (Lipinski definition) is 2. The first-order valence-electron chi connectivity index (χ1n) is 10.7. The van der Waals surface area contributed by atoms with Crippen LogP contribution in [0.1, 0.15) is 36.6 Å². The molecule has 2 N–H and O–H groups in total. The van der Waals surface area contributed by atoms with Crippen LogP contribution < -0.4 is 15.4 Å². The fourth-order valence-electron chi connectivity index (χ4n) is 4.08. The van der Waals surface area contributed by atoms with Gasteiger partial charge in [-0.25, -0.2) is 8.42 Å². The molecular formula is C22H27N3O5S2. The second kappa shape index (κ2) is 9.21. The van der Waals surface area contributed by atoms with Crippen molar-refractivity contribution in [3.63, 3.8) is 0 Å². The number of hydrogen-bond acceptors (Lipinski definition) is 6. The highest BCUT2D eigenvalue weighted by Gasteiger charge is 2.35. The van der Waals surface area contributed by atoms with Crippen LogP contribution in [0.2, 0.25) is 0 Å². The summed E-state index contributed by atoms with van der Waals surface area (Å²) < 4.78 is 34.1. The molecule has 4 rings (SSSR count). The Bertz CT molecular complexity index is 1110. The fraction of sp³-hybridized carbons (Fsp3) is 0.455. The largest absolute Gasteiger partial charge is 0.478 e. The van der Waals surface area contributed by atoms with Crippen LogP contribution >= 0.6 is 11.3 Å². The zero-order valence-corrected chi connectivity index (χ0v) is 19.7. The minimum absolute atomic E-state index is 0.128. The quantitative estimate of drug-likeness (QED) is 0.666. The lowest BCUT2D eigenvalue weighted by molar-refractivity contribution is -0.126. The molecule has 172 valence electrons. The van der Waals surface area contributed by atoms with Gasteiger partial charge in [0.2, 0.25) is 15.9 Å². The third-order valence-electron chi connectivity index (χ3n) is 5.86. The van der Waals surface area contributed by atoms with Gasteiger partial charge in [0.15, 0.2) is 6.10 Å². The predicted molar refractivity (Wildman–Crippen MR) is 122 cm³/mol. The number of carbonyl (C=O) groups excluding carboxylic acids is 2. The predicted octanol–water partition coefficient (Wildman–Crippen LogP) is 2.88. The summed E-state index contributed by atoms with van der Waals surface area (Å²) >= 11 is 1.57. The van der Waals surface area contributed by atoms with E-state index in [9.17, 15) is 18.0 Å². The smallest absolute Gasteiger partial charge is 0.265 e. The van der Waals surface area contributed by atoms with Gasteiger partial charge < -0.3 is 15.4 Å². The highest BCUT2D eigenvalue weighted by molar-refractivity contribution is 7.89. The van der Waals surface area contributed by atoms with Gasteiger partial charge >= 0.3 is 0 Å². The highest BCUT2D eigenvalue weighted by Crippen LogP contribution is 2.36. The maximum Gasteiger partial charge on any atom is 0.265 e. The number of benzene rings is 1. The van der Waals surface area contributed by atoms with Crippen molar-refractivity contribution < 1.29 is 22.7 Å². The fourth-order valence-corrected chi connectivity index (χ4v) is 6.47. The van der Waals surface area contributed by atoms with E-state index in [-0.39, 0.29) is 23.3 Å². The summed E-state index contributed by atoms with van der Waals surface area (Å²) in [4.78, 5) is 25.9. The molecule has 1 saturated heterocycles. The number of ether oxygens (including phenoxy) is 1. The zero-order chi connectivity index (χ0) is 22.9. The lowest BCUT2D eigenvalue weighted by atomic mass is 9.99. The van der Waals surface area contributed by atoms with Gasteiger partial charge in [-0.1, -0.05) is 13.0 Å².